The number of nitrogens with zero attached hydrogens (tertiary/aromatic N) is 4. The van der Waals surface area contributed by atoms with Crippen molar-refractivity contribution in [3.05, 3.63) is 45.7 Å². The minimum Gasteiger partial charge on any atom is -0.490 e. The second-order valence-electron chi connectivity index (χ2n) is 10.4. The van der Waals surface area contributed by atoms with E-state index in [0.29, 0.717) is 36.9 Å². The highest BCUT2D eigenvalue weighted by atomic mass is 35.5. The molecule has 2 aliphatic heterocycles. The van der Waals surface area contributed by atoms with Gasteiger partial charge in [0.1, 0.15) is 18.4 Å². The summed E-state index contributed by atoms with van der Waals surface area (Å²) in [6.45, 7) is 8.52. The molecule has 0 bridgehead atoms. The van der Waals surface area contributed by atoms with Crippen molar-refractivity contribution in [1.29, 1.82) is 0 Å². The molecule has 0 saturated carbocycles. The molecule has 8 nitrogen and oxygen atoms in total. The lowest BCUT2D eigenvalue weighted by atomic mass is 10.1. The van der Waals surface area contributed by atoms with E-state index in [1.807, 2.05) is 48.8 Å². The zero-order valence-corrected chi connectivity index (χ0v) is 22.1. The summed E-state index contributed by atoms with van der Waals surface area (Å²) in [6, 6.07) is 5.75. The Kier molecular flexibility index (Phi) is 7.26. The Balaban J connectivity index is 1.21. The maximum atomic E-state index is 13.4. The maximum absolute atomic E-state index is 13.4. The van der Waals surface area contributed by atoms with E-state index in [4.69, 9.17) is 21.1 Å². The Bertz CT molecular complexity index is 1130. The number of piperidine rings is 1. The predicted octanol–water partition coefficient (Wildman–Crippen LogP) is 3.65. The van der Waals surface area contributed by atoms with Crippen LogP contribution in [-0.4, -0.2) is 75.9 Å². The molecule has 2 atom stereocenters. The van der Waals surface area contributed by atoms with Crippen LogP contribution in [0, 0.1) is 6.92 Å². The number of morpholine rings is 1. The highest BCUT2D eigenvalue weighted by Crippen LogP contribution is 2.28. The van der Waals surface area contributed by atoms with Gasteiger partial charge >= 0.3 is 0 Å². The lowest BCUT2D eigenvalue weighted by molar-refractivity contribution is -0.133. The Morgan fingerprint density at radius 1 is 1.11 bits per heavy atom. The molecule has 2 saturated heterocycles. The van der Waals surface area contributed by atoms with Crippen molar-refractivity contribution in [3.63, 3.8) is 0 Å². The van der Waals surface area contributed by atoms with E-state index in [9.17, 15) is 9.59 Å². The smallest absolute Gasteiger partial charge is 0.274 e. The third kappa shape index (κ3) is 5.25. The summed E-state index contributed by atoms with van der Waals surface area (Å²) in [6.07, 6.45) is 4.29. The van der Waals surface area contributed by atoms with E-state index in [2.05, 4.69) is 5.10 Å². The van der Waals surface area contributed by atoms with Crippen molar-refractivity contribution >= 4 is 23.4 Å². The van der Waals surface area contributed by atoms with Gasteiger partial charge in [-0.05, 0) is 57.7 Å². The minimum absolute atomic E-state index is 0.00399. The second kappa shape index (κ2) is 10.4. The SMILES string of the molecule is Cc1ccc(OC2CCN(C(=O)Cn3nc(C(=O)N4C[C@@H](C)O[C@@H](C)C4)c4c3CCC4)CC2)cc1Cl. The Hall–Kier alpha value is -2.58. The quantitative estimate of drug-likeness (QED) is 0.608. The van der Waals surface area contributed by atoms with Crippen LogP contribution in [0.25, 0.3) is 0 Å². The van der Waals surface area contributed by atoms with Crippen LogP contribution in [0.5, 0.6) is 5.75 Å². The number of amides is 2. The van der Waals surface area contributed by atoms with Crippen LogP contribution in [0.2, 0.25) is 5.02 Å². The summed E-state index contributed by atoms with van der Waals surface area (Å²) in [4.78, 5) is 30.3. The van der Waals surface area contributed by atoms with Gasteiger partial charge in [-0.25, -0.2) is 0 Å². The Labute approximate surface area is 217 Å². The maximum Gasteiger partial charge on any atom is 0.274 e. The molecule has 9 heteroatoms. The van der Waals surface area contributed by atoms with Gasteiger partial charge in [0.25, 0.3) is 5.91 Å². The number of hydrogen-bond donors (Lipinski definition) is 0. The summed E-state index contributed by atoms with van der Waals surface area (Å²) in [5, 5.41) is 5.37. The number of benzene rings is 1. The van der Waals surface area contributed by atoms with E-state index in [1.165, 1.54) is 0 Å². The highest BCUT2D eigenvalue weighted by molar-refractivity contribution is 6.31. The van der Waals surface area contributed by atoms with Crippen LogP contribution in [0.4, 0.5) is 0 Å². The minimum atomic E-state index is -0.0458. The topological polar surface area (TPSA) is 76.9 Å². The first-order valence-electron chi connectivity index (χ1n) is 13.0. The molecule has 5 rings (SSSR count). The fraction of sp³-hybridized carbons (Fsp3) is 0.593. The third-order valence-corrected chi connectivity index (χ3v) is 7.85. The number of hydrogen-bond acceptors (Lipinski definition) is 5. The first kappa shape index (κ1) is 25.1. The van der Waals surface area contributed by atoms with E-state index >= 15 is 0 Å². The lowest BCUT2D eigenvalue weighted by Gasteiger charge is -2.35. The van der Waals surface area contributed by atoms with Crippen molar-refractivity contribution in [3.8, 4) is 5.75 Å². The van der Waals surface area contributed by atoms with Gasteiger partial charge in [0, 0.05) is 55.3 Å². The summed E-state index contributed by atoms with van der Waals surface area (Å²) >= 11 is 6.22. The van der Waals surface area contributed by atoms with Crippen LogP contribution in [0.1, 0.15) is 60.4 Å². The number of ether oxygens (including phenoxy) is 2. The molecule has 0 radical (unpaired) electrons. The standard InChI is InChI=1S/C27H35ClN4O4/c1-17-7-8-21(13-23(17)28)36-20-9-11-30(12-10-20)25(33)16-32-24-6-4-5-22(24)26(29-32)27(34)31-14-18(2)35-19(3)15-31/h7-8,13,18-20H,4-6,9-12,14-16H2,1-3H3/t18-,19+. The number of likely N-dealkylation sites (tertiary alicyclic amines) is 1. The molecule has 194 valence electrons. The van der Waals surface area contributed by atoms with Crippen molar-refractivity contribution in [2.75, 3.05) is 26.2 Å². The fourth-order valence-electron chi connectivity index (χ4n) is 5.60. The van der Waals surface area contributed by atoms with Crippen LogP contribution < -0.4 is 4.74 Å². The van der Waals surface area contributed by atoms with Gasteiger partial charge in [-0.3, -0.25) is 14.3 Å². The van der Waals surface area contributed by atoms with E-state index in [-0.39, 0.29) is 36.7 Å². The molecule has 2 aromatic rings. The molecule has 1 aromatic heterocycles. The first-order chi connectivity index (χ1) is 17.3. The molecule has 0 spiro atoms. The van der Waals surface area contributed by atoms with E-state index in [1.54, 1.807) is 4.68 Å². The van der Waals surface area contributed by atoms with Crippen LogP contribution in [0.15, 0.2) is 18.2 Å². The number of fused-ring (bicyclic) bond motifs is 1. The Morgan fingerprint density at radius 2 is 1.83 bits per heavy atom. The average molecular weight is 515 g/mol. The summed E-state index contributed by atoms with van der Waals surface area (Å²) in [7, 11) is 0. The predicted molar refractivity (Wildman–Crippen MR) is 137 cm³/mol. The number of carbonyl (C=O) groups is 2. The first-order valence-corrected chi connectivity index (χ1v) is 13.4. The number of rotatable bonds is 5. The lowest BCUT2D eigenvalue weighted by Crippen LogP contribution is -2.48. The third-order valence-electron chi connectivity index (χ3n) is 7.44. The summed E-state index contributed by atoms with van der Waals surface area (Å²) < 4.78 is 13.7. The molecular weight excluding hydrogens is 480 g/mol. The molecule has 1 aliphatic carbocycles. The average Bonchev–Trinajstić information content (AvgIpc) is 3.45. The van der Waals surface area contributed by atoms with Gasteiger partial charge < -0.3 is 19.3 Å². The largest absolute Gasteiger partial charge is 0.490 e. The van der Waals surface area contributed by atoms with Gasteiger partial charge in [0.15, 0.2) is 5.69 Å². The van der Waals surface area contributed by atoms with Gasteiger partial charge in [0.05, 0.1) is 12.2 Å². The molecule has 3 heterocycles. The van der Waals surface area contributed by atoms with Crippen molar-refractivity contribution in [2.24, 2.45) is 0 Å². The highest BCUT2D eigenvalue weighted by Gasteiger charge is 2.33. The molecular formula is C27H35ClN4O4. The van der Waals surface area contributed by atoms with Crippen LogP contribution in [-0.2, 0) is 28.9 Å². The number of carbonyl (C=O) groups excluding carboxylic acids is 2. The van der Waals surface area contributed by atoms with E-state index in [0.717, 1.165) is 54.7 Å². The zero-order chi connectivity index (χ0) is 25.4. The van der Waals surface area contributed by atoms with E-state index < -0.39 is 0 Å². The molecule has 0 unspecified atom stereocenters. The number of aromatic nitrogens is 2. The molecule has 3 aliphatic rings. The number of aryl methyl sites for hydroxylation is 1. The fourth-order valence-corrected chi connectivity index (χ4v) is 5.77. The monoisotopic (exact) mass is 514 g/mol. The molecule has 0 N–H and O–H groups in total. The second-order valence-corrected chi connectivity index (χ2v) is 10.8. The van der Waals surface area contributed by atoms with Crippen molar-refractivity contribution in [1.82, 2.24) is 19.6 Å². The van der Waals surface area contributed by atoms with Gasteiger partial charge in [-0.15, -0.1) is 0 Å². The zero-order valence-electron chi connectivity index (χ0n) is 21.3. The Morgan fingerprint density at radius 3 is 2.53 bits per heavy atom. The van der Waals surface area contributed by atoms with Crippen LogP contribution in [0.3, 0.4) is 0 Å². The van der Waals surface area contributed by atoms with Gasteiger partial charge in [-0.2, -0.15) is 5.10 Å². The van der Waals surface area contributed by atoms with Crippen molar-refractivity contribution < 1.29 is 19.1 Å². The van der Waals surface area contributed by atoms with Gasteiger partial charge in [-0.1, -0.05) is 17.7 Å². The molecule has 36 heavy (non-hydrogen) atoms. The summed E-state index contributed by atoms with van der Waals surface area (Å²) in [5.41, 5.74) is 3.59. The number of halogens is 1. The molecule has 2 fully saturated rings. The van der Waals surface area contributed by atoms with Crippen LogP contribution >= 0.6 is 11.6 Å². The van der Waals surface area contributed by atoms with Gasteiger partial charge in [0.2, 0.25) is 5.91 Å². The summed E-state index contributed by atoms with van der Waals surface area (Å²) in [5.74, 6) is 0.760. The molecule has 2 amide bonds. The molecule has 1 aromatic carbocycles. The van der Waals surface area contributed by atoms with Crippen molar-refractivity contribution in [2.45, 2.75) is 77.7 Å². The normalized spacial score (nSPS) is 22.6.